The van der Waals surface area contributed by atoms with Crippen LogP contribution in [0.5, 0.6) is 0 Å². The molecule has 2 amide bonds. The second kappa shape index (κ2) is 12.3. The smallest absolute Gasteiger partial charge is 0.245 e. The minimum atomic E-state index is -0.504. The standard InChI is InChI=1S/C31H38N8O3/c32-13-12-25(40)39-18-8-11-24(39)30(42)37-21-19-36(20-22-37)29-26(27(41)23-9-2-1-3-10-23)28(35-14-4-5-15-35)33-31(34-29)38-16-6-7-17-38/h1-3,9-10,24H,4-8,11-12,14-22H2. The Kier molecular flexibility index (Phi) is 8.22. The van der Waals surface area contributed by atoms with E-state index in [1.807, 2.05) is 41.3 Å². The van der Waals surface area contributed by atoms with Crippen LogP contribution in [0.4, 0.5) is 17.6 Å². The van der Waals surface area contributed by atoms with E-state index in [0.717, 1.165) is 58.3 Å². The number of hydrogen-bond donors (Lipinski definition) is 0. The molecule has 4 aliphatic rings. The molecule has 6 rings (SSSR count). The maximum absolute atomic E-state index is 14.1. The van der Waals surface area contributed by atoms with Crippen molar-refractivity contribution in [3.63, 3.8) is 0 Å². The van der Waals surface area contributed by atoms with Crippen LogP contribution in [-0.4, -0.2) is 102 Å². The van der Waals surface area contributed by atoms with Crippen LogP contribution >= 0.6 is 0 Å². The topological polar surface area (TPSA) is 117 Å². The van der Waals surface area contributed by atoms with Crippen molar-refractivity contribution in [1.82, 2.24) is 19.8 Å². The summed E-state index contributed by atoms with van der Waals surface area (Å²) in [6.07, 6.45) is 5.49. The van der Waals surface area contributed by atoms with Crippen LogP contribution in [0.3, 0.4) is 0 Å². The summed E-state index contributed by atoms with van der Waals surface area (Å²) in [7, 11) is 0. The van der Waals surface area contributed by atoms with Crippen LogP contribution in [0.2, 0.25) is 0 Å². The molecule has 1 atom stereocenters. The summed E-state index contributed by atoms with van der Waals surface area (Å²) in [5.41, 5.74) is 1.14. The number of carbonyl (C=O) groups excluding carboxylic acids is 3. The summed E-state index contributed by atoms with van der Waals surface area (Å²) in [4.78, 5) is 60.2. The van der Waals surface area contributed by atoms with Crippen molar-refractivity contribution in [3.8, 4) is 6.07 Å². The zero-order valence-corrected chi connectivity index (χ0v) is 24.1. The van der Waals surface area contributed by atoms with E-state index in [-0.39, 0.29) is 24.0 Å². The molecule has 4 saturated heterocycles. The lowest BCUT2D eigenvalue weighted by molar-refractivity contribution is -0.143. The number of benzene rings is 1. The van der Waals surface area contributed by atoms with Gasteiger partial charge in [0.1, 0.15) is 29.7 Å². The van der Waals surface area contributed by atoms with Crippen molar-refractivity contribution in [2.45, 2.75) is 51.0 Å². The number of piperazine rings is 1. The van der Waals surface area contributed by atoms with Gasteiger partial charge in [-0.1, -0.05) is 30.3 Å². The molecule has 0 N–H and O–H groups in total. The molecule has 11 nitrogen and oxygen atoms in total. The Morgan fingerprint density at radius 3 is 1.98 bits per heavy atom. The van der Waals surface area contributed by atoms with E-state index in [1.165, 1.54) is 0 Å². The van der Waals surface area contributed by atoms with Crippen molar-refractivity contribution in [2.24, 2.45) is 0 Å². The molecule has 1 aromatic heterocycles. The summed E-state index contributed by atoms with van der Waals surface area (Å²) in [6.45, 7) is 6.01. The highest BCUT2D eigenvalue weighted by Crippen LogP contribution is 2.35. The normalized spacial score (nSPS) is 20.7. The molecule has 0 aliphatic carbocycles. The second-order valence-corrected chi connectivity index (χ2v) is 11.5. The molecule has 1 aromatic carbocycles. The first-order valence-electron chi connectivity index (χ1n) is 15.3. The molecule has 0 spiro atoms. The predicted molar refractivity (Wildman–Crippen MR) is 159 cm³/mol. The molecule has 0 saturated carbocycles. The Hall–Kier alpha value is -4.20. The fourth-order valence-electron chi connectivity index (χ4n) is 6.65. The summed E-state index contributed by atoms with van der Waals surface area (Å²) in [6, 6.07) is 10.7. The van der Waals surface area contributed by atoms with E-state index in [4.69, 9.17) is 15.2 Å². The van der Waals surface area contributed by atoms with Crippen molar-refractivity contribution in [1.29, 1.82) is 5.26 Å². The average Bonchev–Trinajstić information content (AvgIpc) is 3.84. The monoisotopic (exact) mass is 570 g/mol. The van der Waals surface area contributed by atoms with Gasteiger partial charge >= 0.3 is 0 Å². The number of ketones is 1. The van der Waals surface area contributed by atoms with Crippen molar-refractivity contribution in [3.05, 3.63) is 41.5 Å². The van der Waals surface area contributed by atoms with Crippen LogP contribution in [0.1, 0.15) is 60.9 Å². The van der Waals surface area contributed by atoms with Crippen LogP contribution in [-0.2, 0) is 9.59 Å². The van der Waals surface area contributed by atoms with Gasteiger partial charge in [-0.25, -0.2) is 0 Å². The molecule has 1 unspecified atom stereocenters. The lowest BCUT2D eigenvalue weighted by Gasteiger charge is -2.39. The maximum Gasteiger partial charge on any atom is 0.245 e. The number of nitrogens with zero attached hydrogens (tertiary/aromatic N) is 8. The number of nitriles is 1. The summed E-state index contributed by atoms with van der Waals surface area (Å²) in [5.74, 6) is 1.60. The number of amides is 2. The second-order valence-electron chi connectivity index (χ2n) is 11.5. The zero-order valence-electron chi connectivity index (χ0n) is 24.1. The molecule has 0 bridgehead atoms. The molecule has 5 heterocycles. The van der Waals surface area contributed by atoms with Gasteiger partial charge in [-0.05, 0) is 38.5 Å². The van der Waals surface area contributed by atoms with E-state index >= 15 is 0 Å². The molecule has 2 aromatic rings. The van der Waals surface area contributed by atoms with E-state index in [0.29, 0.717) is 67.9 Å². The van der Waals surface area contributed by atoms with Crippen molar-refractivity contribution in [2.75, 3.05) is 73.6 Å². The maximum atomic E-state index is 14.1. The van der Waals surface area contributed by atoms with Gasteiger partial charge in [0, 0.05) is 64.5 Å². The van der Waals surface area contributed by atoms with E-state index in [2.05, 4.69) is 14.7 Å². The highest BCUT2D eigenvalue weighted by atomic mass is 16.2. The number of hydrogen-bond acceptors (Lipinski definition) is 9. The fraction of sp³-hybridized carbons (Fsp3) is 0.548. The first kappa shape index (κ1) is 27.9. The molecule has 0 radical (unpaired) electrons. The fourth-order valence-corrected chi connectivity index (χ4v) is 6.65. The van der Waals surface area contributed by atoms with Crippen LogP contribution in [0, 0.1) is 11.3 Å². The number of carbonyl (C=O) groups is 3. The van der Waals surface area contributed by atoms with Gasteiger partial charge in [0.15, 0.2) is 0 Å². The van der Waals surface area contributed by atoms with Gasteiger partial charge in [-0.3, -0.25) is 14.4 Å². The van der Waals surface area contributed by atoms with Gasteiger partial charge in [0.25, 0.3) is 0 Å². The SMILES string of the molecule is N#CCC(=O)N1CCCC1C(=O)N1CCN(c2nc(N3CCCC3)nc(N3CCCC3)c2C(=O)c2ccccc2)CC1. The first-order chi connectivity index (χ1) is 20.5. The minimum absolute atomic E-state index is 0.0581. The Morgan fingerprint density at radius 2 is 1.36 bits per heavy atom. The first-order valence-corrected chi connectivity index (χ1v) is 15.3. The van der Waals surface area contributed by atoms with E-state index in [9.17, 15) is 14.4 Å². The third kappa shape index (κ3) is 5.50. The highest BCUT2D eigenvalue weighted by Gasteiger charge is 2.38. The van der Waals surface area contributed by atoms with Gasteiger partial charge in [0.05, 0.1) is 6.07 Å². The largest absolute Gasteiger partial charge is 0.356 e. The molecule has 220 valence electrons. The highest BCUT2D eigenvalue weighted by molar-refractivity contribution is 6.15. The van der Waals surface area contributed by atoms with Gasteiger partial charge < -0.3 is 24.5 Å². The number of likely N-dealkylation sites (tertiary alicyclic amines) is 1. The zero-order chi connectivity index (χ0) is 29.1. The van der Waals surface area contributed by atoms with Gasteiger partial charge in [-0.15, -0.1) is 0 Å². The molecular weight excluding hydrogens is 532 g/mol. The Balaban J connectivity index is 1.30. The molecule has 4 fully saturated rings. The molecule has 42 heavy (non-hydrogen) atoms. The molecule has 11 heteroatoms. The number of aromatic nitrogens is 2. The Bertz CT molecular complexity index is 1360. The molecule has 4 aliphatic heterocycles. The summed E-state index contributed by atoms with van der Waals surface area (Å²) in [5, 5.41) is 8.98. The third-order valence-electron chi connectivity index (χ3n) is 8.90. The lowest BCUT2D eigenvalue weighted by atomic mass is 10.0. The Morgan fingerprint density at radius 1 is 0.762 bits per heavy atom. The van der Waals surface area contributed by atoms with Crippen molar-refractivity contribution >= 4 is 35.2 Å². The average molecular weight is 571 g/mol. The van der Waals surface area contributed by atoms with Crippen LogP contribution < -0.4 is 14.7 Å². The molecular formula is C31H38N8O3. The number of anilines is 3. The summed E-state index contributed by atoms with van der Waals surface area (Å²) < 4.78 is 0. The van der Waals surface area contributed by atoms with Gasteiger partial charge in [0.2, 0.25) is 23.5 Å². The quantitative estimate of drug-likeness (QED) is 0.463. The minimum Gasteiger partial charge on any atom is -0.356 e. The van der Waals surface area contributed by atoms with Gasteiger partial charge in [-0.2, -0.15) is 15.2 Å². The van der Waals surface area contributed by atoms with Crippen molar-refractivity contribution < 1.29 is 14.4 Å². The van der Waals surface area contributed by atoms with E-state index < -0.39 is 6.04 Å². The van der Waals surface area contributed by atoms with Crippen LogP contribution in [0.25, 0.3) is 0 Å². The Labute approximate surface area is 246 Å². The predicted octanol–water partition coefficient (Wildman–Crippen LogP) is 2.46. The van der Waals surface area contributed by atoms with Crippen LogP contribution in [0.15, 0.2) is 30.3 Å². The van der Waals surface area contributed by atoms with E-state index in [1.54, 1.807) is 4.90 Å². The lowest BCUT2D eigenvalue weighted by Crippen LogP contribution is -2.54. The number of rotatable bonds is 7. The third-order valence-corrected chi connectivity index (χ3v) is 8.90. The summed E-state index contributed by atoms with van der Waals surface area (Å²) >= 11 is 0.